The number of carbonyl (C=O) groups is 6. The fourth-order valence-corrected chi connectivity index (χ4v) is 7.49. The average Bonchev–Trinajstić information content (AvgIpc) is 3.58. The van der Waals surface area contributed by atoms with Crippen molar-refractivity contribution in [1.29, 1.82) is 0 Å². The minimum absolute atomic E-state index is 0.0171. The molecular formula is C41H54N4O9. The van der Waals surface area contributed by atoms with Gasteiger partial charge in [0.15, 0.2) is 0 Å². The van der Waals surface area contributed by atoms with Gasteiger partial charge in [0.2, 0.25) is 23.5 Å². The van der Waals surface area contributed by atoms with Crippen LogP contribution < -0.4 is 20.7 Å². The lowest BCUT2D eigenvalue weighted by Gasteiger charge is -2.35. The van der Waals surface area contributed by atoms with Gasteiger partial charge in [-0.25, -0.2) is 0 Å². The molecule has 3 aliphatic rings. The fourth-order valence-electron chi connectivity index (χ4n) is 7.49. The standard InChI is InChI=1S/C41H54N4O9/c1-4-12-32(37(48)39(50)42-24-35(47)53-26-27-13-7-5-8-14-27)43-38(49)33-23-31-25-45(33)40(51)36(29-16-9-6-10-17-29)44-34(46)22-28-15-11-18-30(21-28)52-20-19-41(2,3)54-31/h5,7-8,11,13-15,18,21,29,31-33,36H,4,6,9-10,12,16-17,19-20,22-26H2,1-3H3,(H,42,50)(H,43,49)(H,44,46)/t31-,32?,33?,36+/m1/s1. The van der Waals surface area contributed by atoms with E-state index in [2.05, 4.69) is 16.0 Å². The van der Waals surface area contributed by atoms with Gasteiger partial charge >= 0.3 is 5.97 Å². The highest BCUT2D eigenvalue weighted by Gasteiger charge is 2.46. The van der Waals surface area contributed by atoms with Crippen LogP contribution in [0.4, 0.5) is 0 Å². The summed E-state index contributed by atoms with van der Waals surface area (Å²) in [5.41, 5.74) is 0.855. The number of carbonyl (C=O) groups excluding carboxylic acids is 6. The molecule has 1 saturated heterocycles. The van der Waals surface area contributed by atoms with Crippen LogP contribution in [0.5, 0.6) is 5.75 Å². The number of fused-ring (bicyclic) bond motifs is 4. The molecule has 4 bridgehead atoms. The van der Waals surface area contributed by atoms with Crippen molar-refractivity contribution < 1.29 is 43.0 Å². The predicted molar refractivity (Wildman–Crippen MR) is 199 cm³/mol. The number of rotatable bonds is 11. The average molecular weight is 747 g/mol. The van der Waals surface area contributed by atoms with Crippen LogP contribution >= 0.6 is 0 Å². The number of amides is 4. The van der Waals surface area contributed by atoms with Crippen molar-refractivity contribution in [3.63, 3.8) is 0 Å². The SMILES string of the molecule is CCCC(NC(=O)C1C[C@@H]2CN1C(=O)[C@H](C1CCCCC1)NC(=O)Cc1cccc(c1)OCCC(C)(C)O2)C(=O)C(=O)NCC(=O)OCc1ccccc1. The molecule has 13 nitrogen and oxygen atoms in total. The van der Waals surface area contributed by atoms with Gasteiger partial charge in [-0.1, -0.05) is 75.1 Å². The number of nitrogens with zero attached hydrogens (tertiary/aromatic N) is 1. The van der Waals surface area contributed by atoms with Crippen molar-refractivity contribution in [1.82, 2.24) is 20.9 Å². The summed E-state index contributed by atoms with van der Waals surface area (Å²) in [6.45, 7) is 5.64. The Kier molecular flexibility index (Phi) is 14.2. The monoisotopic (exact) mass is 746 g/mol. The van der Waals surface area contributed by atoms with Crippen molar-refractivity contribution in [2.24, 2.45) is 5.92 Å². The van der Waals surface area contributed by atoms with Crippen LogP contribution in [0, 0.1) is 5.92 Å². The maximum absolute atomic E-state index is 14.6. The third-order valence-corrected chi connectivity index (χ3v) is 10.3. The lowest BCUT2D eigenvalue weighted by atomic mass is 9.83. The molecule has 2 heterocycles. The summed E-state index contributed by atoms with van der Waals surface area (Å²) < 4.78 is 17.8. The Morgan fingerprint density at radius 1 is 1.02 bits per heavy atom. The number of hydrogen-bond donors (Lipinski definition) is 3. The second-order valence-corrected chi connectivity index (χ2v) is 15.2. The third kappa shape index (κ3) is 11.4. The molecule has 5 rings (SSSR count). The number of Topliss-reactive ketones (excluding diaryl/α,β-unsaturated/α-hetero) is 1. The van der Waals surface area contributed by atoms with Crippen LogP contribution in [0.15, 0.2) is 54.6 Å². The Morgan fingerprint density at radius 3 is 2.52 bits per heavy atom. The molecule has 1 saturated carbocycles. The first-order chi connectivity index (χ1) is 25.9. The molecule has 3 N–H and O–H groups in total. The molecule has 2 fully saturated rings. The van der Waals surface area contributed by atoms with Crippen molar-refractivity contribution in [3.8, 4) is 5.75 Å². The van der Waals surface area contributed by atoms with Crippen LogP contribution in [-0.2, 0) is 51.3 Å². The Labute approximate surface area is 317 Å². The van der Waals surface area contributed by atoms with E-state index in [-0.39, 0.29) is 50.1 Å². The topological polar surface area (TPSA) is 169 Å². The molecule has 2 aliphatic heterocycles. The van der Waals surface area contributed by atoms with Gasteiger partial charge in [0.1, 0.15) is 31.0 Å². The van der Waals surface area contributed by atoms with Gasteiger partial charge in [0.05, 0.1) is 30.8 Å². The molecule has 0 spiro atoms. The van der Waals surface area contributed by atoms with E-state index in [0.717, 1.165) is 43.2 Å². The molecule has 2 aromatic rings. The largest absolute Gasteiger partial charge is 0.493 e. The number of ketones is 1. The number of esters is 1. The van der Waals surface area contributed by atoms with E-state index in [1.165, 1.54) is 4.90 Å². The summed E-state index contributed by atoms with van der Waals surface area (Å²) in [5.74, 6) is -3.40. The molecule has 13 heteroatoms. The smallest absolute Gasteiger partial charge is 0.325 e. The van der Waals surface area contributed by atoms with Crippen LogP contribution in [-0.4, -0.2) is 89.8 Å². The molecule has 0 aromatic heterocycles. The van der Waals surface area contributed by atoms with E-state index in [0.29, 0.717) is 25.2 Å². The second kappa shape index (κ2) is 19.0. The van der Waals surface area contributed by atoms with Crippen molar-refractivity contribution in [2.45, 2.75) is 121 Å². The highest BCUT2D eigenvalue weighted by molar-refractivity contribution is 6.38. The van der Waals surface area contributed by atoms with E-state index < -0.39 is 59.9 Å². The summed E-state index contributed by atoms with van der Waals surface area (Å²) >= 11 is 0. The molecule has 2 unspecified atom stereocenters. The van der Waals surface area contributed by atoms with Gasteiger partial charge in [-0.05, 0) is 62.3 Å². The Balaban J connectivity index is 1.32. The maximum atomic E-state index is 14.6. The Hall–Kier alpha value is -4.78. The Morgan fingerprint density at radius 2 is 1.78 bits per heavy atom. The van der Waals surface area contributed by atoms with Crippen LogP contribution in [0.3, 0.4) is 0 Å². The molecule has 292 valence electrons. The van der Waals surface area contributed by atoms with E-state index >= 15 is 0 Å². The minimum Gasteiger partial charge on any atom is -0.493 e. The van der Waals surface area contributed by atoms with E-state index in [1.807, 2.05) is 63.2 Å². The Bertz CT molecular complexity index is 1640. The first-order valence-electron chi connectivity index (χ1n) is 19.2. The van der Waals surface area contributed by atoms with Gasteiger partial charge in [-0.2, -0.15) is 0 Å². The number of ether oxygens (including phenoxy) is 3. The van der Waals surface area contributed by atoms with E-state index in [9.17, 15) is 28.8 Å². The van der Waals surface area contributed by atoms with Gasteiger partial charge in [-0.3, -0.25) is 28.8 Å². The normalized spacial score (nSPS) is 22.6. The lowest BCUT2D eigenvalue weighted by molar-refractivity contribution is -0.147. The molecule has 0 radical (unpaired) electrons. The number of hydrogen-bond acceptors (Lipinski definition) is 9. The van der Waals surface area contributed by atoms with Gasteiger partial charge < -0.3 is 35.1 Å². The molecule has 4 atom stereocenters. The van der Waals surface area contributed by atoms with Gasteiger partial charge in [0, 0.05) is 19.4 Å². The fraction of sp³-hybridized carbons (Fsp3) is 0.561. The summed E-state index contributed by atoms with van der Waals surface area (Å²) in [7, 11) is 0. The zero-order chi connectivity index (χ0) is 38.7. The molecule has 4 amide bonds. The maximum Gasteiger partial charge on any atom is 0.325 e. The summed E-state index contributed by atoms with van der Waals surface area (Å²) in [6.07, 6.45) is 5.27. The second-order valence-electron chi connectivity index (χ2n) is 15.2. The van der Waals surface area contributed by atoms with Gasteiger partial charge in [0.25, 0.3) is 5.91 Å². The summed E-state index contributed by atoms with van der Waals surface area (Å²) in [4.78, 5) is 82.4. The van der Waals surface area contributed by atoms with Crippen LogP contribution in [0.1, 0.15) is 89.7 Å². The van der Waals surface area contributed by atoms with E-state index in [1.54, 1.807) is 12.1 Å². The lowest BCUT2D eigenvalue weighted by Crippen LogP contribution is -2.58. The van der Waals surface area contributed by atoms with Gasteiger partial charge in [-0.15, -0.1) is 0 Å². The third-order valence-electron chi connectivity index (χ3n) is 10.3. The number of nitrogens with one attached hydrogen (secondary N) is 3. The quantitative estimate of drug-likeness (QED) is 0.230. The van der Waals surface area contributed by atoms with Crippen LogP contribution in [0.2, 0.25) is 0 Å². The molecule has 1 aliphatic carbocycles. The van der Waals surface area contributed by atoms with E-state index in [4.69, 9.17) is 14.2 Å². The molecule has 2 aromatic carbocycles. The van der Waals surface area contributed by atoms with Crippen molar-refractivity contribution >= 4 is 35.4 Å². The van der Waals surface area contributed by atoms with Crippen LogP contribution in [0.25, 0.3) is 0 Å². The first kappa shape index (κ1) is 40.4. The minimum atomic E-state index is -1.20. The summed E-state index contributed by atoms with van der Waals surface area (Å²) in [5, 5.41) is 8.09. The predicted octanol–water partition coefficient (Wildman–Crippen LogP) is 3.56. The molecule has 54 heavy (non-hydrogen) atoms. The zero-order valence-electron chi connectivity index (χ0n) is 31.6. The highest BCUT2D eigenvalue weighted by atomic mass is 16.5. The first-order valence-corrected chi connectivity index (χ1v) is 19.2. The zero-order valence-corrected chi connectivity index (χ0v) is 31.6. The number of benzene rings is 2. The van der Waals surface area contributed by atoms with Crippen molar-refractivity contribution in [3.05, 3.63) is 65.7 Å². The highest BCUT2D eigenvalue weighted by Crippen LogP contribution is 2.32. The van der Waals surface area contributed by atoms with Crippen molar-refractivity contribution in [2.75, 3.05) is 19.7 Å². The molecular weight excluding hydrogens is 692 g/mol. The summed E-state index contributed by atoms with van der Waals surface area (Å²) in [6, 6.07) is 13.3.